The Morgan fingerprint density at radius 1 is 0.431 bits per heavy atom. The van der Waals surface area contributed by atoms with Gasteiger partial charge in [0.15, 0.2) is 0 Å². The van der Waals surface area contributed by atoms with Crippen molar-refractivity contribution in [1.29, 1.82) is 0 Å². The lowest BCUT2D eigenvalue weighted by molar-refractivity contribution is 0.867. The van der Waals surface area contributed by atoms with E-state index in [1.165, 1.54) is 88.6 Å². The molecular weight excluding hydrogens is 619 g/mol. The Kier molecular flexibility index (Phi) is 6.20. The van der Waals surface area contributed by atoms with Gasteiger partial charge in [0.1, 0.15) is 0 Å². The van der Waals surface area contributed by atoms with Gasteiger partial charge in [0, 0.05) is 44.2 Å². The normalized spacial score (nSPS) is 14.0. The predicted octanol–water partition coefficient (Wildman–Crippen LogP) is 12.1. The van der Waals surface area contributed by atoms with Crippen LogP contribution in [0.5, 0.6) is 0 Å². The number of para-hydroxylation sites is 3. The van der Waals surface area contributed by atoms with Gasteiger partial charge < -0.3 is 13.7 Å². The molecule has 0 fully saturated rings. The first kappa shape index (κ1) is 28.5. The molecule has 0 bridgehead atoms. The Bertz CT molecular complexity index is 2890. The molecule has 2 aliphatic rings. The van der Waals surface area contributed by atoms with Crippen molar-refractivity contribution in [1.82, 2.24) is 13.7 Å². The van der Waals surface area contributed by atoms with Crippen LogP contribution in [0.4, 0.5) is 0 Å². The molecule has 2 aliphatic carbocycles. The molecule has 0 saturated carbocycles. The van der Waals surface area contributed by atoms with Crippen molar-refractivity contribution in [3.63, 3.8) is 0 Å². The molecule has 0 spiro atoms. The van der Waals surface area contributed by atoms with E-state index in [-0.39, 0.29) is 0 Å². The van der Waals surface area contributed by atoms with E-state index < -0.39 is 0 Å². The number of aromatic nitrogens is 3. The van der Waals surface area contributed by atoms with E-state index in [0.29, 0.717) is 0 Å². The largest absolute Gasteiger partial charge is 0.311 e. The van der Waals surface area contributed by atoms with E-state index in [0.717, 1.165) is 31.4 Å². The maximum Gasteiger partial charge on any atom is 0.0738 e. The number of hydrogen-bond donors (Lipinski definition) is 0. The minimum atomic E-state index is 1.03. The molecular formula is C48H35N3. The maximum atomic E-state index is 2.59. The van der Waals surface area contributed by atoms with Gasteiger partial charge in [-0.2, -0.15) is 0 Å². The smallest absolute Gasteiger partial charge is 0.0738 e. The highest BCUT2D eigenvalue weighted by Gasteiger charge is 2.28. The lowest BCUT2D eigenvalue weighted by Gasteiger charge is -2.23. The summed E-state index contributed by atoms with van der Waals surface area (Å²) in [6, 6.07) is 53.6. The highest BCUT2D eigenvalue weighted by molar-refractivity contribution is 6.10. The summed E-state index contributed by atoms with van der Waals surface area (Å²) in [5, 5.41) is 5.22. The minimum absolute atomic E-state index is 1.03. The molecule has 242 valence electrons. The number of benzene rings is 6. The highest BCUT2D eigenvalue weighted by Crippen LogP contribution is 2.43. The maximum absolute atomic E-state index is 2.59. The number of aryl methyl sites for hydroxylation is 1. The Balaban J connectivity index is 1.16. The van der Waals surface area contributed by atoms with Crippen molar-refractivity contribution in [3.8, 4) is 22.5 Å². The quantitative estimate of drug-likeness (QED) is 0.180. The zero-order chi connectivity index (χ0) is 33.5. The van der Waals surface area contributed by atoms with Gasteiger partial charge in [0.2, 0.25) is 0 Å². The summed E-state index contributed by atoms with van der Waals surface area (Å²) in [5.74, 6) is 0. The van der Waals surface area contributed by atoms with Gasteiger partial charge in [-0.05, 0) is 84.8 Å². The van der Waals surface area contributed by atoms with E-state index in [4.69, 9.17) is 0 Å². The second kappa shape index (κ2) is 11.1. The molecule has 0 saturated heterocycles. The first-order valence-electron chi connectivity index (χ1n) is 18.1. The molecule has 0 N–H and O–H groups in total. The van der Waals surface area contributed by atoms with Crippen molar-refractivity contribution in [2.24, 2.45) is 0 Å². The van der Waals surface area contributed by atoms with E-state index >= 15 is 0 Å². The summed E-state index contributed by atoms with van der Waals surface area (Å²) < 4.78 is 7.58. The van der Waals surface area contributed by atoms with Crippen LogP contribution < -0.4 is 0 Å². The van der Waals surface area contributed by atoms with Gasteiger partial charge in [-0.25, -0.2) is 0 Å². The minimum Gasteiger partial charge on any atom is -0.311 e. The Hall–Kier alpha value is -6.32. The third kappa shape index (κ3) is 4.18. The summed E-state index contributed by atoms with van der Waals surface area (Å²) in [5.41, 5.74) is 16.6. The molecule has 3 heteroatoms. The monoisotopic (exact) mass is 653 g/mol. The molecule has 0 aliphatic heterocycles. The highest BCUT2D eigenvalue weighted by atomic mass is 15.1. The van der Waals surface area contributed by atoms with Gasteiger partial charge in [-0.1, -0.05) is 121 Å². The second-order valence-corrected chi connectivity index (χ2v) is 13.9. The van der Waals surface area contributed by atoms with Gasteiger partial charge >= 0.3 is 0 Å². The Morgan fingerprint density at radius 2 is 1.06 bits per heavy atom. The molecule has 3 heterocycles. The standard InChI is InChI=1S/C48H35N3/c1-2-13-32(14-3-1)33-25-27-34(28-26-33)49-42-20-8-4-17-38(42)40-30-29-35(31-47(40)49)50-43-21-9-7-18-39(43)41-19-12-24-46(48(41)50)51-44-22-10-5-15-36(44)37-16-6-11-23-45(37)51/h1-10,13-18,20-22,24-31H,11-12,19,23H2. The number of fused-ring (bicyclic) bond motifs is 9. The van der Waals surface area contributed by atoms with Crippen LogP contribution in [-0.2, 0) is 12.8 Å². The van der Waals surface area contributed by atoms with E-state index in [1.54, 1.807) is 0 Å². The number of nitrogens with zero attached hydrogens (tertiary/aromatic N) is 3. The topological polar surface area (TPSA) is 14.8 Å². The van der Waals surface area contributed by atoms with E-state index in [9.17, 15) is 0 Å². The number of rotatable bonds is 4. The van der Waals surface area contributed by atoms with Gasteiger partial charge in [0.25, 0.3) is 0 Å². The molecule has 0 atom stereocenters. The molecule has 0 radical (unpaired) electrons. The van der Waals surface area contributed by atoms with Crippen molar-refractivity contribution >= 4 is 55.4 Å². The van der Waals surface area contributed by atoms with E-state index in [2.05, 4.69) is 178 Å². The van der Waals surface area contributed by atoms with E-state index in [1.807, 2.05) is 0 Å². The van der Waals surface area contributed by atoms with Crippen LogP contribution in [0.15, 0.2) is 158 Å². The first-order chi connectivity index (χ1) is 25.3. The predicted molar refractivity (Wildman–Crippen MR) is 214 cm³/mol. The molecule has 6 aromatic carbocycles. The zero-order valence-electron chi connectivity index (χ0n) is 28.3. The molecule has 51 heavy (non-hydrogen) atoms. The van der Waals surface area contributed by atoms with Crippen LogP contribution >= 0.6 is 0 Å². The van der Waals surface area contributed by atoms with Crippen LogP contribution in [0, 0.1) is 0 Å². The third-order valence-electron chi connectivity index (χ3n) is 11.2. The van der Waals surface area contributed by atoms with Crippen molar-refractivity contribution in [2.75, 3.05) is 0 Å². The molecule has 0 unspecified atom stereocenters. The van der Waals surface area contributed by atoms with Gasteiger partial charge in [0.05, 0.1) is 33.5 Å². The zero-order valence-corrected chi connectivity index (χ0v) is 28.3. The summed E-state index contributed by atoms with van der Waals surface area (Å²) in [6.07, 6.45) is 11.3. The molecule has 3 aromatic heterocycles. The lowest BCUT2D eigenvalue weighted by Crippen LogP contribution is -2.13. The first-order valence-corrected chi connectivity index (χ1v) is 18.1. The summed E-state index contributed by atoms with van der Waals surface area (Å²) in [7, 11) is 0. The molecule has 9 aromatic rings. The lowest BCUT2D eigenvalue weighted by atomic mass is 9.97. The fourth-order valence-corrected chi connectivity index (χ4v) is 9.00. The molecule has 11 rings (SSSR count). The fraction of sp³-hybridized carbons (Fsp3) is 0.0833. The third-order valence-corrected chi connectivity index (χ3v) is 11.2. The van der Waals surface area contributed by atoms with Crippen molar-refractivity contribution in [2.45, 2.75) is 25.7 Å². The summed E-state index contributed by atoms with van der Waals surface area (Å²) in [6.45, 7) is 0. The summed E-state index contributed by atoms with van der Waals surface area (Å²) >= 11 is 0. The second-order valence-electron chi connectivity index (χ2n) is 13.9. The van der Waals surface area contributed by atoms with Crippen LogP contribution in [0.25, 0.3) is 77.9 Å². The number of allylic oxidation sites excluding steroid dienone is 2. The molecule has 0 amide bonds. The SMILES string of the molecule is C1=Cc2c(n(C3=CCCc4c3n(-c3ccc5c6ccccc6n(-c6ccc(-c7ccccc7)cc6)c5c3)c3ccccc43)c3ccccc23)CC1. The van der Waals surface area contributed by atoms with Crippen LogP contribution in [-0.4, -0.2) is 13.7 Å². The fourth-order valence-electron chi connectivity index (χ4n) is 9.00. The average Bonchev–Trinajstić information content (AvgIpc) is 3.84. The van der Waals surface area contributed by atoms with Crippen LogP contribution in [0.2, 0.25) is 0 Å². The van der Waals surface area contributed by atoms with Gasteiger partial charge in [-0.3, -0.25) is 0 Å². The summed E-state index contributed by atoms with van der Waals surface area (Å²) in [4.78, 5) is 0. The number of hydrogen-bond acceptors (Lipinski definition) is 0. The average molecular weight is 654 g/mol. The Labute approximate surface area is 296 Å². The van der Waals surface area contributed by atoms with Crippen LogP contribution in [0.1, 0.15) is 35.4 Å². The molecule has 3 nitrogen and oxygen atoms in total. The van der Waals surface area contributed by atoms with Crippen molar-refractivity contribution in [3.05, 3.63) is 180 Å². The van der Waals surface area contributed by atoms with Crippen LogP contribution in [0.3, 0.4) is 0 Å². The van der Waals surface area contributed by atoms with Crippen molar-refractivity contribution < 1.29 is 0 Å². The Morgan fingerprint density at radius 3 is 1.86 bits per heavy atom. The van der Waals surface area contributed by atoms with Gasteiger partial charge in [-0.15, -0.1) is 0 Å².